The predicted octanol–water partition coefficient (Wildman–Crippen LogP) is 6.71. The van der Waals surface area contributed by atoms with Crippen LogP contribution >= 0.6 is 23.2 Å². The molecule has 0 aromatic heterocycles. The van der Waals surface area contributed by atoms with Crippen LogP contribution in [0, 0.1) is 13.8 Å². The fraction of sp³-hybridized carbons (Fsp3) is 0.138. The van der Waals surface area contributed by atoms with Crippen LogP contribution in [0.25, 0.3) is 0 Å². The first-order valence-corrected chi connectivity index (χ1v) is 13.8. The Labute approximate surface area is 227 Å². The second kappa shape index (κ2) is 11.4. The molecule has 8 heteroatoms. The number of hydrogen-bond acceptors (Lipinski definition) is 3. The van der Waals surface area contributed by atoms with Gasteiger partial charge in [-0.15, -0.1) is 0 Å². The Morgan fingerprint density at radius 1 is 0.784 bits per heavy atom. The topological polar surface area (TPSA) is 66.5 Å². The Morgan fingerprint density at radius 2 is 1.30 bits per heavy atom. The zero-order valence-corrected chi connectivity index (χ0v) is 22.7. The van der Waals surface area contributed by atoms with Gasteiger partial charge in [-0.25, -0.2) is 8.42 Å². The van der Waals surface area contributed by atoms with Crippen LogP contribution in [-0.4, -0.2) is 20.9 Å². The number of nitrogens with zero attached hydrogens (tertiary/aromatic N) is 1. The van der Waals surface area contributed by atoms with E-state index in [4.69, 9.17) is 23.2 Å². The van der Waals surface area contributed by atoms with Crippen LogP contribution < -0.4 is 9.62 Å². The van der Waals surface area contributed by atoms with Gasteiger partial charge in [-0.1, -0.05) is 101 Å². The quantitative estimate of drug-likeness (QED) is 0.264. The van der Waals surface area contributed by atoms with Gasteiger partial charge in [0.2, 0.25) is 5.91 Å². The highest BCUT2D eigenvalue weighted by Crippen LogP contribution is 2.30. The molecule has 0 fully saturated rings. The van der Waals surface area contributed by atoms with E-state index in [1.165, 1.54) is 30.3 Å². The molecule has 0 unspecified atom stereocenters. The van der Waals surface area contributed by atoms with Gasteiger partial charge < -0.3 is 5.32 Å². The molecule has 37 heavy (non-hydrogen) atoms. The summed E-state index contributed by atoms with van der Waals surface area (Å²) in [7, 11) is -4.11. The molecule has 0 aliphatic heterocycles. The minimum atomic E-state index is -4.11. The van der Waals surface area contributed by atoms with Crippen LogP contribution in [-0.2, 0) is 14.8 Å². The summed E-state index contributed by atoms with van der Waals surface area (Å²) < 4.78 is 28.5. The molecule has 4 aromatic rings. The van der Waals surface area contributed by atoms with E-state index in [-0.39, 0.29) is 20.6 Å². The van der Waals surface area contributed by atoms with E-state index in [9.17, 15) is 13.2 Å². The van der Waals surface area contributed by atoms with Crippen LogP contribution in [0.5, 0.6) is 0 Å². The molecule has 1 N–H and O–H groups in total. The normalized spacial score (nSPS) is 12.1. The van der Waals surface area contributed by atoms with Crippen molar-refractivity contribution in [3.63, 3.8) is 0 Å². The van der Waals surface area contributed by atoms with E-state index in [2.05, 4.69) is 5.32 Å². The highest BCUT2D eigenvalue weighted by atomic mass is 35.5. The third-order valence-electron chi connectivity index (χ3n) is 5.88. The molecule has 1 amide bonds. The summed E-state index contributed by atoms with van der Waals surface area (Å²) in [5, 5.41) is 3.54. The van der Waals surface area contributed by atoms with Crippen LogP contribution in [0.2, 0.25) is 10.0 Å². The van der Waals surface area contributed by atoms with Crippen molar-refractivity contribution in [3.05, 3.63) is 129 Å². The number of amides is 1. The fourth-order valence-electron chi connectivity index (χ4n) is 3.94. The van der Waals surface area contributed by atoms with Gasteiger partial charge in [0, 0.05) is 10.0 Å². The summed E-state index contributed by atoms with van der Waals surface area (Å²) in [6.07, 6.45) is 0. The summed E-state index contributed by atoms with van der Waals surface area (Å²) in [5.41, 5.74) is 3.95. The summed E-state index contributed by atoms with van der Waals surface area (Å²) in [4.78, 5) is 13.5. The lowest BCUT2D eigenvalue weighted by molar-refractivity contribution is -0.120. The van der Waals surface area contributed by atoms with E-state index in [0.29, 0.717) is 0 Å². The first-order valence-electron chi connectivity index (χ1n) is 11.6. The van der Waals surface area contributed by atoms with Crippen molar-refractivity contribution in [1.82, 2.24) is 5.32 Å². The summed E-state index contributed by atoms with van der Waals surface area (Å²) in [5.74, 6) is -0.485. The third-order valence-corrected chi connectivity index (χ3v) is 8.10. The maximum Gasteiger partial charge on any atom is 0.264 e. The van der Waals surface area contributed by atoms with Gasteiger partial charge in [0.05, 0.1) is 16.6 Å². The van der Waals surface area contributed by atoms with Gasteiger partial charge in [-0.2, -0.15) is 0 Å². The minimum Gasteiger partial charge on any atom is -0.344 e. The molecule has 0 saturated carbocycles. The van der Waals surface area contributed by atoms with Crippen molar-refractivity contribution in [3.8, 4) is 0 Å². The summed E-state index contributed by atoms with van der Waals surface area (Å²) >= 11 is 12.4. The van der Waals surface area contributed by atoms with Crippen molar-refractivity contribution >= 4 is 44.8 Å². The first-order chi connectivity index (χ1) is 17.6. The van der Waals surface area contributed by atoms with Crippen molar-refractivity contribution < 1.29 is 13.2 Å². The largest absolute Gasteiger partial charge is 0.344 e. The Kier molecular flexibility index (Phi) is 8.22. The molecule has 0 radical (unpaired) electrons. The SMILES string of the molecule is Cc1ccc([C@@H](NC(=O)CN(c2cc(Cl)cc(Cl)c2)S(=O)(=O)c2ccc(C)cc2)c2ccccc2)cc1. The number of hydrogen-bond donors (Lipinski definition) is 1. The molecular formula is C29H26Cl2N2O3S. The number of benzene rings is 4. The van der Waals surface area contributed by atoms with Crippen molar-refractivity contribution in [2.45, 2.75) is 24.8 Å². The number of halogens is 2. The molecule has 0 bridgehead atoms. The lowest BCUT2D eigenvalue weighted by atomic mass is 9.98. The van der Waals surface area contributed by atoms with Crippen molar-refractivity contribution in [2.75, 3.05) is 10.8 Å². The number of rotatable bonds is 8. The van der Waals surface area contributed by atoms with Gasteiger partial charge >= 0.3 is 0 Å². The van der Waals surface area contributed by atoms with E-state index < -0.39 is 28.5 Å². The highest BCUT2D eigenvalue weighted by molar-refractivity contribution is 7.92. The van der Waals surface area contributed by atoms with Gasteiger partial charge in [-0.05, 0) is 55.3 Å². The smallest absolute Gasteiger partial charge is 0.264 e. The second-order valence-corrected chi connectivity index (χ2v) is 11.5. The van der Waals surface area contributed by atoms with Gasteiger partial charge in [0.25, 0.3) is 10.0 Å². The maximum atomic E-state index is 13.7. The standard InChI is InChI=1S/C29H26Cl2N2O3S/c1-20-8-12-23(13-9-20)29(22-6-4-3-5-7-22)32-28(34)19-33(26-17-24(30)16-25(31)18-26)37(35,36)27-14-10-21(2)11-15-27/h3-18,29H,19H2,1-2H3,(H,32,34)/t29-/m0/s1. The van der Waals surface area contributed by atoms with E-state index in [0.717, 1.165) is 26.6 Å². The van der Waals surface area contributed by atoms with E-state index in [1.54, 1.807) is 12.1 Å². The lowest BCUT2D eigenvalue weighted by Gasteiger charge is -2.26. The Balaban J connectivity index is 1.71. The second-order valence-electron chi connectivity index (χ2n) is 8.77. The number of sulfonamides is 1. The zero-order chi connectivity index (χ0) is 26.6. The highest BCUT2D eigenvalue weighted by Gasteiger charge is 2.29. The predicted molar refractivity (Wildman–Crippen MR) is 150 cm³/mol. The number of aryl methyl sites for hydroxylation is 2. The third kappa shape index (κ3) is 6.52. The average molecular weight is 554 g/mol. The summed E-state index contributed by atoms with van der Waals surface area (Å²) in [6.45, 7) is 3.39. The van der Waals surface area contributed by atoms with Crippen molar-refractivity contribution in [2.24, 2.45) is 0 Å². The molecule has 0 spiro atoms. The molecular weight excluding hydrogens is 527 g/mol. The molecule has 4 rings (SSSR count). The van der Waals surface area contributed by atoms with Crippen molar-refractivity contribution in [1.29, 1.82) is 0 Å². The molecule has 0 aliphatic rings. The molecule has 190 valence electrons. The molecule has 1 atom stereocenters. The monoisotopic (exact) mass is 552 g/mol. The number of nitrogens with one attached hydrogen (secondary N) is 1. The molecule has 0 heterocycles. The van der Waals surface area contributed by atoms with Gasteiger partial charge in [0.15, 0.2) is 0 Å². The van der Waals surface area contributed by atoms with Crippen LogP contribution in [0.15, 0.2) is 102 Å². The molecule has 0 saturated heterocycles. The number of anilines is 1. The molecule has 4 aromatic carbocycles. The van der Waals surface area contributed by atoms with Crippen LogP contribution in [0.1, 0.15) is 28.3 Å². The lowest BCUT2D eigenvalue weighted by Crippen LogP contribution is -2.42. The van der Waals surface area contributed by atoms with Crippen LogP contribution in [0.3, 0.4) is 0 Å². The number of carbonyl (C=O) groups excluding carboxylic acids is 1. The summed E-state index contributed by atoms with van der Waals surface area (Å²) in [6, 6.07) is 27.8. The van der Waals surface area contributed by atoms with E-state index >= 15 is 0 Å². The average Bonchev–Trinajstić information content (AvgIpc) is 2.86. The Hall–Kier alpha value is -3.32. The fourth-order valence-corrected chi connectivity index (χ4v) is 5.86. The first kappa shape index (κ1) is 26.7. The van der Waals surface area contributed by atoms with Crippen LogP contribution in [0.4, 0.5) is 5.69 Å². The Morgan fingerprint density at radius 3 is 1.86 bits per heavy atom. The van der Waals surface area contributed by atoms with Gasteiger partial charge in [0.1, 0.15) is 6.54 Å². The van der Waals surface area contributed by atoms with E-state index in [1.807, 2.05) is 68.4 Å². The molecule has 0 aliphatic carbocycles. The molecule has 5 nitrogen and oxygen atoms in total. The Bertz CT molecular complexity index is 1470. The minimum absolute atomic E-state index is 0.0557. The van der Waals surface area contributed by atoms with Gasteiger partial charge in [-0.3, -0.25) is 9.10 Å². The number of carbonyl (C=O) groups is 1. The zero-order valence-electron chi connectivity index (χ0n) is 20.4. The maximum absolute atomic E-state index is 13.7.